The fourth-order valence-electron chi connectivity index (χ4n) is 2.60. The van der Waals surface area contributed by atoms with Crippen LogP contribution in [0.1, 0.15) is 17.3 Å². The Morgan fingerprint density at radius 3 is 2.81 bits per heavy atom. The number of amides is 2. The van der Waals surface area contributed by atoms with Crippen molar-refractivity contribution in [2.24, 2.45) is 0 Å². The summed E-state index contributed by atoms with van der Waals surface area (Å²) in [5.74, 6) is 0.179. The number of benzene rings is 2. The van der Waals surface area contributed by atoms with Crippen LogP contribution in [0.2, 0.25) is 5.02 Å². The van der Waals surface area contributed by atoms with Gasteiger partial charge in [-0.15, -0.1) is 11.3 Å². The standard InChI is InChI=1S/C19H14ClN3O3S/c1-10-17(24)21-14-8-12(4-7-16(14)26-10)15-9-27-19(22-15)23-18(25)11-2-5-13(20)6-3-11/h2-10H,1H3,(H,21,24)(H,22,23,25)/t10-/m1/s1. The summed E-state index contributed by atoms with van der Waals surface area (Å²) in [5, 5.41) is 8.48. The number of halogens is 1. The highest BCUT2D eigenvalue weighted by Gasteiger charge is 2.24. The van der Waals surface area contributed by atoms with Gasteiger partial charge in [-0.25, -0.2) is 4.98 Å². The molecule has 8 heteroatoms. The molecular weight excluding hydrogens is 386 g/mol. The molecule has 4 rings (SSSR count). The molecule has 0 saturated heterocycles. The van der Waals surface area contributed by atoms with Crippen LogP contribution in [-0.2, 0) is 4.79 Å². The first-order valence-electron chi connectivity index (χ1n) is 8.14. The first-order valence-corrected chi connectivity index (χ1v) is 9.40. The Morgan fingerprint density at radius 1 is 1.26 bits per heavy atom. The van der Waals surface area contributed by atoms with E-state index in [9.17, 15) is 9.59 Å². The van der Waals surface area contributed by atoms with Gasteiger partial charge in [0, 0.05) is 21.5 Å². The maximum Gasteiger partial charge on any atom is 0.265 e. The van der Waals surface area contributed by atoms with Crippen LogP contribution in [0.5, 0.6) is 5.75 Å². The third kappa shape index (κ3) is 3.65. The van der Waals surface area contributed by atoms with Crippen molar-refractivity contribution in [2.45, 2.75) is 13.0 Å². The van der Waals surface area contributed by atoms with E-state index < -0.39 is 6.10 Å². The highest BCUT2D eigenvalue weighted by atomic mass is 35.5. The van der Waals surface area contributed by atoms with Gasteiger partial charge in [0.25, 0.3) is 11.8 Å². The Morgan fingerprint density at radius 2 is 2.04 bits per heavy atom. The zero-order valence-electron chi connectivity index (χ0n) is 14.2. The molecule has 2 N–H and O–H groups in total. The molecule has 1 aromatic heterocycles. The van der Waals surface area contributed by atoms with Gasteiger partial charge in [0.05, 0.1) is 11.4 Å². The van der Waals surface area contributed by atoms with E-state index in [1.807, 2.05) is 11.4 Å². The van der Waals surface area contributed by atoms with Gasteiger partial charge < -0.3 is 10.1 Å². The average molecular weight is 400 g/mol. The van der Waals surface area contributed by atoms with E-state index in [0.29, 0.717) is 32.8 Å². The van der Waals surface area contributed by atoms with Crippen LogP contribution in [0.15, 0.2) is 47.8 Å². The van der Waals surface area contributed by atoms with E-state index >= 15 is 0 Å². The molecule has 0 saturated carbocycles. The lowest BCUT2D eigenvalue weighted by Gasteiger charge is -2.23. The Bertz CT molecular complexity index is 1030. The monoisotopic (exact) mass is 399 g/mol. The molecule has 6 nitrogen and oxygen atoms in total. The van der Waals surface area contributed by atoms with Crippen LogP contribution in [0.25, 0.3) is 11.3 Å². The van der Waals surface area contributed by atoms with Gasteiger partial charge in [-0.3, -0.25) is 14.9 Å². The summed E-state index contributed by atoms with van der Waals surface area (Å²) in [7, 11) is 0. The van der Waals surface area contributed by atoms with Gasteiger partial charge in [0.15, 0.2) is 11.2 Å². The number of carbonyl (C=O) groups excluding carboxylic acids is 2. The average Bonchev–Trinajstić information content (AvgIpc) is 3.11. The maximum absolute atomic E-state index is 12.3. The normalized spacial score (nSPS) is 15.5. The third-order valence-electron chi connectivity index (χ3n) is 4.04. The minimum atomic E-state index is -0.516. The molecule has 3 aromatic rings. The van der Waals surface area contributed by atoms with E-state index in [1.165, 1.54) is 11.3 Å². The quantitative estimate of drug-likeness (QED) is 0.682. The molecule has 0 radical (unpaired) electrons. The first-order chi connectivity index (χ1) is 13.0. The van der Waals surface area contributed by atoms with E-state index in [2.05, 4.69) is 15.6 Å². The number of ether oxygens (including phenoxy) is 1. The van der Waals surface area contributed by atoms with Gasteiger partial charge in [-0.05, 0) is 49.4 Å². The molecule has 1 aliphatic rings. The highest BCUT2D eigenvalue weighted by molar-refractivity contribution is 7.14. The van der Waals surface area contributed by atoms with Crippen molar-refractivity contribution >= 4 is 45.6 Å². The molecule has 136 valence electrons. The predicted molar refractivity (Wildman–Crippen MR) is 106 cm³/mol. The number of nitrogens with zero attached hydrogens (tertiary/aromatic N) is 1. The summed E-state index contributed by atoms with van der Waals surface area (Å²) in [5.41, 5.74) is 2.62. The summed E-state index contributed by atoms with van der Waals surface area (Å²) in [6.45, 7) is 1.70. The fourth-order valence-corrected chi connectivity index (χ4v) is 3.44. The topological polar surface area (TPSA) is 80.3 Å². The molecule has 2 aromatic carbocycles. The lowest BCUT2D eigenvalue weighted by atomic mass is 10.1. The molecule has 2 amide bonds. The minimum Gasteiger partial charge on any atom is -0.479 e. The molecule has 2 heterocycles. The third-order valence-corrected chi connectivity index (χ3v) is 5.05. The number of hydrogen-bond acceptors (Lipinski definition) is 5. The largest absolute Gasteiger partial charge is 0.479 e. The second-order valence-electron chi connectivity index (χ2n) is 5.96. The second kappa shape index (κ2) is 7.02. The van der Waals surface area contributed by atoms with Crippen LogP contribution in [0.3, 0.4) is 0 Å². The zero-order valence-corrected chi connectivity index (χ0v) is 15.7. The summed E-state index contributed by atoms with van der Waals surface area (Å²) >= 11 is 7.16. The van der Waals surface area contributed by atoms with Crippen molar-refractivity contribution in [1.29, 1.82) is 0 Å². The Balaban J connectivity index is 1.53. The minimum absolute atomic E-state index is 0.186. The van der Waals surface area contributed by atoms with Crippen molar-refractivity contribution in [3.63, 3.8) is 0 Å². The molecule has 27 heavy (non-hydrogen) atoms. The molecule has 0 bridgehead atoms. The highest BCUT2D eigenvalue weighted by Crippen LogP contribution is 2.35. The number of hydrogen-bond donors (Lipinski definition) is 2. The lowest BCUT2D eigenvalue weighted by Crippen LogP contribution is -2.34. The van der Waals surface area contributed by atoms with Gasteiger partial charge in [0.1, 0.15) is 5.75 Å². The fraction of sp³-hybridized carbons (Fsp3) is 0.105. The summed E-state index contributed by atoms with van der Waals surface area (Å²) in [6, 6.07) is 12.1. The molecule has 1 atom stereocenters. The number of nitrogens with one attached hydrogen (secondary N) is 2. The summed E-state index contributed by atoms with van der Waals surface area (Å²) in [4.78, 5) is 28.5. The summed E-state index contributed by atoms with van der Waals surface area (Å²) in [6.07, 6.45) is -0.516. The molecule has 0 unspecified atom stereocenters. The number of carbonyl (C=O) groups is 2. The predicted octanol–water partition coefficient (Wildman–Crippen LogP) is 4.44. The molecule has 0 fully saturated rings. The smallest absolute Gasteiger partial charge is 0.265 e. The Kier molecular flexibility index (Phi) is 4.55. The molecule has 0 aliphatic carbocycles. The van der Waals surface area contributed by atoms with Crippen molar-refractivity contribution in [2.75, 3.05) is 10.6 Å². The molecule has 1 aliphatic heterocycles. The molecule has 0 spiro atoms. The lowest BCUT2D eigenvalue weighted by molar-refractivity contribution is -0.122. The first kappa shape index (κ1) is 17.5. The molecular formula is C19H14ClN3O3S. The van der Waals surface area contributed by atoms with Crippen molar-refractivity contribution in [3.8, 4) is 17.0 Å². The van der Waals surface area contributed by atoms with E-state index in [0.717, 1.165) is 5.56 Å². The van der Waals surface area contributed by atoms with E-state index in [1.54, 1.807) is 43.3 Å². The van der Waals surface area contributed by atoms with Crippen LogP contribution >= 0.6 is 22.9 Å². The van der Waals surface area contributed by atoms with Crippen molar-refractivity contribution in [3.05, 3.63) is 58.4 Å². The van der Waals surface area contributed by atoms with E-state index in [-0.39, 0.29) is 11.8 Å². The zero-order chi connectivity index (χ0) is 19.0. The SMILES string of the molecule is C[C@H]1Oc2ccc(-c3csc(NC(=O)c4ccc(Cl)cc4)n3)cc2NC1=O. The summed E-state index contributed by atoms with van der Waals surface area (Å²) < 4.78 is 5.55. The maximum atomic E-state index is 12.3. The van der Waals surface area contributed by atoms with Crippen LogP contribution < -0.4 is 15.4 Å². The number of aromatic nitrogens is 1. The van der Waals surface area contributed by atoms with Crippen LogP contribution in [0.4, 0.5) is 10.8 Å². The van der Waals surface area contributed by atoms with Gasteiger partial charge in [-0.2, -0.15) is 0 Å². The van der Waals surface area contributed by atoms with Gasteiger partial charge >= 0.3 is 0 Å². The Hall–Kier alpha value is -2.90. The van der Waals surface area contributed by atoms with E-state index in [4.69, 9.17) is 16.3 Å². The van der Waals surface area contributed by atoms with Crippen LogP contribution in [-0.4, -0.2) is 22.9 Å². The van der Waals surface area contributed by atoms with Crippen molar-refractivity contribution < 1.29 is 14.3 Å². The number of anilines is 2. The second-order valence-corrected chi connectivity index (χ2v) is 7.25. The number of thiazole rings is 1. The Labute approximate surface area is 164 Å². The van der Waals surface area contributed by atoms with Crippen molar-refractivity contribution in [1.82, 2.24) is 4.98 Å². The van der Waals surface area contributed by atoms with Gasteiger partial charge in [0.2, 0.25) is 0 Å². The number of rotatable bonds is 3. The van der Waals surface area contributed by atoms with Gasteiger partial charge in [-0.1, -0.05) is 11.6 Å². The van der Waals surface area contributed by atoms with Crippen LogP contribution in [0, 0.1) is 0 Å². The number of fused-ring (bicyclic) bond motifs is 1.